The third-order valence-corrected chi connectivity index (χ3v) is 2.12. The standard InChI is InChI=1S/C11H20N2OS/c1-4-6-13(7-5-10(12)15)11(14)8-9(2)3/h4,9H,1,5-8H2,2-3H3,(H2,12,15). The molecule has 0 aliphatic heterocycles. The number of thiocarbonyl (C=S) groups is 1. The monoisotopic (exact) mass is 228 g/mol. The molecule has 0 saturated heterocycles. The van der Waals surface area contributed by atoms with Crippen LogP contribution >= 0.6 is 12.2 Å². The summed E-state index contributed by atoms with van der Waals surface area (Å²) in [5.41, 5.74) is 5.41. The maximum atomic E-state index is 11.8. The smallest absolute Gasteiger partial charge is 0.223 e. The second kappa shape index (κ2) is 7.40. The van der Waals surface area contributed by atoms with Crippen LogP contribution < -0.4 is 5.73 Å². The van der Waals surface area contributed by atoms with Crippen molar-refractivity contribution in [3.05, 3.63) is 12.7 Å². The third-order valence-electron chi connectivity index (χ3n) is 1.91. The topological polar surface area (TPSA) is 46.3 Å². The van der Waals surface area contributed by atoms with Crippen LogP contribution in [0.4, 0.5) is 0 Å². The van der Waals surface area contributed by atoms with E-state index in [0.717, 1.165) is 0 Å². The summed E-state index contributed by atoms with van der Waals surface area (Å²) in [7, 11) is 0. The summed E-state index contributed by atoms with van der Waals surface area (Å²) < 4.78 is 0. The molecule has 0 aliphatic rings. The molecule has 0 saturated carbocycles. The summed E-state index contributed by atoms with van der Waals surface area (Å²) in [6.45, 7) is 8.84. The van der Waals surface area contributed by atoms with Gasteiger partial charge in [-0.15, -0.1) is 6.58 Å². The highest BCUT2D eigenvalue weighted by Gasteiger charge is 2.13. The lowest BCUT2D eigenvalue weighted by Crippen LogP contribution is -2.34. The first kappa shape index (κ1) is 14.1. The van der Waals surface area contributed by atoms with Crippen LogP contribution in [0.3, 0.4) is 0 Å². The second-order valence-electron chi connectivity index (χ2n) is 3.94. The van der Waals surface area contributed by atoms with Crippen LogP contribution in [0, 0.1) is 5.92 Å². The molecule has 0 atom stereocenters. The lowest BCUT2D eigenvalue weighted by atomic mass is 10.1. The fraction of sp³-hybridized carbons (Fsp3) is 0.636. The summed E-state index contributed by atoms with van der Waals surface area (Å²) in [5.74, 6) is 0.510. The van der Waals surface area contributed by atoms with E-state index in [1.54, 1.807) is 11.0 Å². The maximum Gasteiger partial charge on any atom is 0.223 e. The molecule has 0 spiro atoms. The Kier molecular flexibility index (Phi) is 6.96. The lowest BCUT2D eigenvalue weighted by Gasteiger charge is -2.21. The van der Waals surface area contributed by atoms with Crippen LogP contribution in [-0.4, -0.2) is 28.9 Å². The van der Waals surface area contributed by atoms with Crippen molar-refractivity contribution in [2.24, 2.45) is 11.7 Å². The minimum Gasteiger partial charge on any atom is -0.393 e. The Morgan fingerprint density at radius 2 is 2.20 bits per heavy atom. The van der Waals surface area contributed by atoms with Gasteiger partial charge >= 0.3 is 0 Å². The number of hydrogen-bond acceptors (Lipinski definition) is 2. The number of nitrogens with two attached hydrogens (primary N) is 1. The first-order valence-electron chi connectivity index (χ1n) is 5.14. The first-order valence-corrected chi connectivity index (χ1v) is 5.55. The molecule has 86 valence electrons. The Morgan fingerprint density at radius 3 is 2.60 bits per heavy atom. The summed E-state index contributed by atoms with van der Waals surface area (Å²) in [6, 6.07) is 0. The van der Waals surface area contributed by atoms with Crippen molar-refractivity contribution in [2.45, 2.75) is 26.7 Å². The van der Waals surface area contributed by atoms with E-state index in [4.69, 9.17) is 18.0 Å². The van der Waals surface area contributed by atoms with Gasteiger partial charge in [-0.1, -0.05) is 32.1 Å². The molecule has 0 aromatic rings. The third kappa shape index (κ3) is 7.08. The summed E-state index contributed by atoms with van der Waals surface area (Å²) >= 11 is 4.79. The van der Waals surface area contributed by atoms with Crippen LogP contribution in [-0.2, 0) is 4.79 Å². The van der Waals surface area contributed by atoms with Gasteiger partial charge in [0.25, 0.3) is 0 Å². The average Bonchev–Trinajstić information content (AvgIpc) is 2.10. The Labute approximate surface area is 97.3 Å². The molecule has 0 aromatic carbocycles. The number of carbonyl (C=O) groups excluding carboxylic acids is 1. The van der Waals surface area contributed by atoms with Crippen LogP contribution in [0.1, 0.15) is 26.7 Å². The second-order valence-corrected chi connectivity index (χ2v) is 4.47. The summed E-state index contributed by atoms with van der Waals surface area (Å²) in [6.07, 6.45) is 2.86. The molecule has 3 nitrogen and oxygen atoms in total. The Bertz CT molecular complexity index is 239. The zero-order valence-electron chi connectivity index (χ0n) is 9.53. The van der Waals surface area contributed by atoms with Crippen molar-refractivity contribution < 1.29 is 4.79 Å². The minimum atomic E-state index is 0.140. The van der Waals surface area contributed by atoms with Crippen LogP contribution in [0.2, 0.25) is 0 Å². The van der Waals surface area contributed by atoms with Gasteiger partial charge in [-0.25, -0.2) is 0 Å². The Morgan fingerprint density at radius 1 is 1.60 bits per heavy atom. The van der Waals surface area contributed by atoms with E-state index >= 15 is 0 Å². The van der Waals surface area contributed by atoms with E-state index in [1.807, 2.05) is 13.8 Å². The highest BCUT2D eigenvalue weighted by Crippen LogP contribution is 2.05. The van der Waals surface area contributed by atoms with Gasteiger partial charge < -0.3 is 10.6 Å². The summed E-state index contributed by atoms with van der Waals surface area (Å²) in [4.78, 5) is 13.9. The minimum absolute atomic E-state index is 0.140. The fourth-order valence-electron chi connectivity index (χ4n) is 1.20. The first-order chi connectivity index (χ1) is 6.97. The van der Waals surface area contributed by atoms with E-state index in [1.165, 1.54) is 0 Å². The highest BCUT2D eigenvalue weighted by molar-refractivity contribution is 7.80. The van der Waals surface area contributed by atoms with E-state index in [-0.39, 0.29) is 5.91 Å². The molecular weight excluding hydrogens is 208 g/mol. The molecule has 0 unspecified atom stereocenters. The molecule has 0 bridgehead atoms. The quantitative estimate of drug-likeness (QED) is 0.533. The molecule has 15 heavy (non-hydrogen) atoms. The van der Waals surface area contributed by atoms with E-state index in [0.29, 0.717) is 36.8 Å². The van der Waals surface area contributed by atoms with Crippen LogP contribution in [0.25, 0.3) is 0 Å². The van der Waals surface area contributed by atoms with Crippen molar-refractivity contribution in [3.63, 3.8) is 0 Å². The number of nitrogens with zero attached hydrogens (tertiary/aromatic N) is 1. The predicted octanol–water partition coefficient (Wildman–Crippen LogP) is 1.72. The van der Waals surface area contributed by atoms with Gasteiger partial charge in [-0.2, -0.15) is 0 Å². The molecule has 4 heteroatoms. The van der Waals surface area contributed by atoms with E-state index in [9.17, 15) is 4.79 Å². The van der Waals surface area contributed by atoms with Gasteiger partial charge in [0, 0.05) is 25.9 Å². The Balaban J connectivity index is 4.17. The van der Waals surface area contributed by atoms with Crippen molar-refractivity contribution in [1.82, 2.24) is 4.90 Å². The van der Waals surface area contributed by atoms with Gasteiger partial charge in [-0.3, -0.25) is 4.79 Å². The van der Waals surface area contributed by atoms with E-state index < -0.39 is 0 Å². The van der Waals surface area contributed by atoms with Gasteiger partial charge in [0.1, 0.15) is 0 Å². The molecule has 0 fully saturated rings. The number of rotatable bonds is 7. The summed E-state index contributed by atoms with van der Waals surface area (Å²) in [5, 5.41) is 0. The maximum absolute atomic E-state index is 11.8. The molecule has 0 radical (unpaired) electrons. The number of amides is 1. The molecule has 2 N–H and O–H groups in total. The number of hydrogen-bond donors (Lipinski definition) is 1. The average molecular weight is 228 g/mol. The zero-order valence-corrected chi connectivity index (χ0v) is 10.3. The van der Waals surface area contributed by atoms with Gasteiger partial charge in [0.15, 0.2) is 0 Å². The van der Waals surface area contributed by atoms with Crippen molar-refractivity contribution in [2.75, 3.05) is 13.1 Å². The predicted molar refractivity (Wildman–Crippen MR) is 67.6 cm³/mol. The zero-order chi connectivity index (χ0) is 11.8. The SMILES string of the molecule is C=CCN(CCC(N)=S)C(=O)CC(C)C. The Hall–Kier alpha value is -0.900. The van der Waals surface area contributed by atoms with Crippen molar-refractivity contribution >= 4 is 23.1 Å². The molecule has 0 heterocycles. The molecule has 0 aromatic heterocycles. The molecule has 0 rings (SSSR count). The highest BCUT2D eigenvalue weighted by atomic mass is 32.1. The normalized spacial score (nSPS) is 10.1. The van der Waals surface area contributed by atoms with Crippen molar-refractivity contribution in [1.29, 1.82) is 0 Å². The van der Waals surface area contributed by atoms with E-state index in [2.05, 4.69) is 6.58 Å². The lowest BCUT2D eigenvalue weighted by molar-refractivity contribution is -0.131. The molecular formula is C11H20N2OS. The fourth-order valence-corrected chi connectivity index (χ4v) is 1.29. The van der Waals surface area contributed by atoms with Crippen LogP contribution in [0.5, 0.6) is 0 Å². The van der Waals surface area contributed by atoms with Gasteiger partial charge in [0.2, 0.25) is 5.91 Å². The molecule has 1 amide bonds. The largest absolute Gasteiger partial charge is 0.393 e. The van der Waals surface area contributed by atoms with Crippen LogP contribution in [0.15, 0.2) is 12.7 Å². The van der Waals surface area contributed by atoms with Crippen molar-refractivity contribution in [3.8, 4) is 0 Å². The van der Waals surface area contributed by atoms with Gasteiger partial charge in [0.05, 0.1) is 4.99 Å². The molecule has 0 aliphatic carbocycles. The van der Waals surface area contributed by atoms with Gasteiger partial charge in [-0.05, 0) is 5.92 Å². The number of carbonyl (C=O) groups is 1.